The minimum absolute atomic E-state index is 0.205. The van der Waals surface area contributed by atoms with E-state index in [0.717, 1.165) is 35.2 Å². The van der Waals surface area contributed by atoms with E-state index in [4.69, 9.17) is 0 Å². The zero-order valence-electron chi connectivity index (χ0n) is 15.0. The van der Waals surface area contributed by atoms with Gasteiger partial charge in [0.15, 0.2) is 0 Å². The summed E-state index contributed by atoms with van der Waals surface area (Å²) in [4.78, 5) is -1.70. The van der Waals surface area contributed by atoms with Crippen LogP contribution in [0.2, 0.25) is 0 Å². The lowest BCUT2D eigenvalue weighted by Gasteiger charge is -2.27. The molecule has 2 rings (SSSR count). The number of hydrogen-bond donors (Lipinski definition) is 2. The third-order valence-electron chi connectivity index (χ3n) is 4.60. The average molecular weight is 399 g/mol. The molecule has 26 heavy (non-hydrogen) atoms. The fourth-order valence-corrected chi connectivity index (χ4v) is 4.55. The molecule has 142 valence electrons. The Morgan fingerprint density at radius 3 is 1.96 bits per heavy atom. The van der Waals surface area contributed by atoms with Crippen LogP contribution in [0.3, 0.4) is 0 Å². The van der Waals surface area contributed by atoms with Crippen molar-refractivity contribution in [3.8, 4) is 11.1 Å². The summed E-state index contributed by atoms with van der Waals surface area (Å²) < 4.78 is 64.9. The van der Waals surface area contributed by atoms with Gasteiger partial charge in [-0.3, -0.25) is 9.11 Å². The fourth-order valence-electron chi connectivity index (χ4n) is 2.77. The van der Waals surface area contributed by atoms with E-state index >= 15 is 0 Å². The number of benzene rings is 2. The van der Waals surface area contributed by atoms with Crippen molar-refractivity contribution < 1.29 is 25.9 Å². The van der Waals surface area contributed by atoms with Crippen LogP contribution in [0, 0.1) is 6.92 Å². The molecule has 0 fully saturated rings. The SMILES string of the molecule is CCC(C)(C)c1ccc(C)cc1-c1ccc(S(=O)(=O)O)c(S(=O)(=O)O)c1. The molecule has 6 nitrogen and oxygen atoms in total. The Kier molecular flexibility index (Phi) is 5.36. The van der Waals surface area contributed by atoms with Gasteiger partial charge in [-0.25, -0.2) is 0 Å². The van der Waals surface area contributed by atoms with Crippen molar-refractivity contribution in [3.05, 3.63) is 47.5 Å². The second-order valence-electron chi connectivity index (χ2n) is 6.90. The maximum Gasteiger partial charge on any atom is 0.295 e. The van der Waals surface area contributed by atoms with Crippen molar-refractivity contribution in [1.29, 1.82) is 0 Å². The highest BCUT2D eigenvalue weighted by Crippen LogP contribution is 2.37. The van der Waals surface area contributed by atoms with Gasteiger partial charge in [0.2, 0.25) is 0 Å². The van der Waals surface area contributed by atoms with Crippen molar-refractivity contribution in [2.45, 2.75) is 49.3 Å². The molecule has 0 heterocycles. The summed E-state index contributed by atoms with van der Waals surface area (Å²) in [6.07, 6.45) is 0.831. The second-order valence-corrected chi connectivity index (χ2v) is 9.68. The van der Waals surface area contributed by atoms with E-state index in [0.29, 0.717) is 5.56 Å². The summed E-state index contributed by atoms with van der Waals surface area (Å²) in [5, 5.41) is 0. The quantitative estimate of drug-likeness (QED) is 0.741. The molecule has 0 amide bonds. The van der Waals surface area contributed by atoms with Gasteiger partial charge in [-0.2, -0.15) is 16.8 Å². The van der Waals surface area contributed by atoms with Crippen molar-refractivity contribution in [2.75, 3.05) is 0 Å². The molecule has 0 saturated heterocycles. The van der Waals surface area contributed by atoms with Gasteiger partial charge in [-0.05, 0) is 47.6 Å². The van der Waals surface area contributed by atoms with Gasteiger partial charge < -0.3 is 0 Å². The van der Waals surface area contributed by atoms with Gasteiger partial charge in [0.1, 0.15) is 9.79 Å². The monoisotopic (exact) mass is 398 g/mol. The van der Waals surface area contributed by atoms with Crippen LogP contribution in [-0.2, 0) is 25.7 Å². The third kappa shape index (κ3) is 4.15. The first-order chi connectivity index (χ1) is 11.8. The third-order valence-corrected chi connectivity index (χ3v) is 6.53. The Morgan fingerprint density at radius 1 is 0.885 bits per heavy atom. The lowest BCUT2D eigenvalue weighted by molar-refractivity contribution is 0.466. The number of hydrogen-bond acceptors (Lipinski definition) is 4. The molecule has 0 aromatic heterocycles. The minimum atomic E-state index is -4.85. The van der Waals surface area contributed by atoms with E-state index in [1.807, 2.05) is 32.0 Å². The van der Waals surface area contributed by atoms with Crippen LogP contribution < -0.4 is 0 Å². The summed E-state index contributed by atoms with van der Waals surface area (Å²) in [6, 6.07) is 9.26. The first-order valence-corrected chi connectivity index (χ1v) is 10.9. The van der Waals surface area contributed by atoms with Crippen LogP contribution >= 0.6 is 0 Å². The largest absolute Gasteiger partial charge is 0.295 e. The molecule has 2 aromatic carbocycles. The Labute approximate surface area is 154 Å². The number of rotatable bonds is 5. The van der Waals surface area contributed by atoms with E-state index < -0.39 is 30.0 Å². The molecular weight excluding hydrogens is 376 g/mol. The molecule has 0 aliphatic rings. The van der Waals surface area contributed by atoms with Crippen LogP contribution in [0.4, 0.5) is 0 Å². The van der Waals surface area contributed by atoms with Crippen molar-refractivity contribution in [3.63, 3.8) is 0 Å². The molecule has 2 N–H and O–H groups in total. The Balaban J connectivity index is 2.86. The van der Waals surface area contributed by atoms with Gasteiger partial charge in [0.05, 0.1) is 0 Å². The summed E-state index contributed by atoms with van der Waals surface area (Å²) >= 11 is 0. The molecule has 0 aliphatic heterocycles. The first kappa shape index (κ1) is 20.6. The minimum Gasteiger partial charge on any atom is -0.282 e. The first-order valence-electron chi connectivity index (χ1n) is 7.98. The normalized spacial score (nSPS) is 13.0. The standard InChI is InChI=1S/C18H22O6S2/c1-5-18(3,4)15-8-6-12(2)10-14(15)13-7-9-16(25(19,20)21)17(11-13)26(22,23)24/h6-11H,5H2,1-4H3,(H,19,20,21)(H,22,23,24). The molecule has 0 radical (unpaired) electrons. The summed E-state index contributed by atoms with van der Waals surface area (Å²) in [5.74, 6) is 0. The lowest BCUT2D eigenvalue weighted by atomic mass is 9.78. The van der Waals surface area contributed by atoms with Gasteiger partial charge in [0, 0.05) is 0 Å². The zero-order valence-corrected chi connectivity index (χ0v) is 16.6. The second kappa shape index (κ2) is 6.77. The number of aryl methyl sites for hydroxylation is 1. The summed E-state index contributed by atoms with van der Waals surface area (Å²) in [7, 11) is -9.66. The summed E-state index contributed by atoms with van der Waals surface area (Å²) in [5.41, 5.74) is 2.88. The molecule has 0 atom stereocenters. The van der Waals surface area contributed by atoms with Crippen molar-refractivity contribution in [1.82, 2.24) is 0 Å². The van der Waals surface area contributed by atoms with E-state index in [-0.39, 0.29) is 5.41 Å². The fraction of sp³-hybridized carbons (Fsp3) is 0.333. The smallest absolute Gasteiger partial charge is 0.282 e. The van der Waals surface area contributed by atoms with Crippen LogP contribution in [0.15, 0.2) is 46.2 Å². The summed E-state index contributed by atoms with van der Waals surface area (Å²) in [6.45, 7) is 8.03. The molecule has 0 spiro atoms. The lowest BCUT2D eigenvalue weighted by Crippen LogP contribution is -2.17. The van der Waals surface area contributed by atoms with E-state index in [1.54, 1.807) is 0 Å². The maximum atomic E-state index is 11.7. The molecular formula is C18H22O6S2. The maximum absolute atomic E-state index is 11.7. The molecule has 0 aliphatic carbocycles. The van der Waals surface area contributed by atoms with Crippen molar-refractivity contribution >= 4 is 20.2 Å². The van der Waals surface area contributed by atoms with Crippen LogP contribution in [0.1, 0.15) is 38.3 Å². The predicted octanol–water partition coefficient (Wildman–Crippen LogP) is 3.84. The van der Waals surface area contributed by atoms with Crippen LogP contribution in [0.5, 0.6) is 0 Å². The Bertz CT molecular complexity index is 1050. The van der Waals surface area contributed by atoms with Gasteiger partial charge in [-0.15, -0.1) is 0 Å². The van der Waals surface area contributed by atoms with Gasteiger partial charge in [0.25, 0.3) is 20.2 Å². The predicted molar refractivity (Wildman–Crippen MR) is 99.6 cm³/mol. The molecule has 2 aromatic rings. The highest BCUT2D eigenvalue weighted by molar-refractivity contribution is 7.89. The Hall–Kier alpha value is -1.74. The van der Waals surface area contributed by atoms with Crippen LogP contribution in [-0.4, -0.2) is 25.9 Å². The molecule has 0 unspecified atom stereocenters. The van der Waals surface area contributed by atoms with Gasteiger partial charge in [-0.1, -0.05) is 50.6 Å². The molecule has 8 heteroatoms. The highest BCUT2D eigenvalue weighted by Gasteiger charge is 2.27. The van der Waals surface area contributed by atoms with E-state index in [2.05, 4.69) is 13.8 Å². The average Bonchev–Trinajstić information content (AvgIpc) is 2.52. The van der Waals surface area contributed by atoms with Crippen LogP contribution in [0.25, 0.3) is 11.1 Å². The molecule has 0 saturated carbocycles. The highest BCUT2D eigenvalue weighted by atomic mass is 32.2. The van der Waals surface area contributed by atoms with E-state index in [9.17, 15) is 25.9 Å². The molecule has 0 bridgehead atoms. The van der Waals surface area contributed by atoms with E-state index in [1.165, 1.54) is 6.07 Å². The Morgan fingerprint density at radius 2 is 1.46 bits per heavy atom. The topological polar surface area (TPSA) is 109 Å². The van der Waals surface area contributed by atoms with Gasteiger partial charge >= 0.3 is 0 Å². The zero-order chi connectivity index (χ0) is 19.9. The van der Waals surface area contributed by atoms with Crippen molar-refractivity contribution in [2.24, 2.45) is 0 Å².